The van der Waals surface area contributed by atoms with Gasteiger partial charge in [-0.2, -0.15) is 5.26 Å². The molecule has 3 rings (SSSR count). The monoisotopic (exact) mass is 306 g/mol. The van der Waals surface area contributed by atoms with E-state index in [0.717, 1.165) is 0 Å². The molecule has 0 aliphatic carbocycles. The smallest absolute Gasteiger partial charge is 0.271 e. The normalized spacial score (nSPS) is 11.2. The van der Waals surface area contributed by atoms with Crippen molar-refractivity contribution < 1.29 is 9.34 Å². The highest BCUT2D eigenvalue weighted by Gasteiger charge is 2.10. The average molecular weight is 306 g/mol. The molecule has 7 heteroatoms. The van der Waals surface area contributed by atoms with E-state index in [-0.39, 0.29) is 17.2 Å². The van der Waals surface area contributed by atoms with Gasteiger partial charge in [-0.1, -0.05) is 18.2 Å². The molecule has 0 atom stereocenters. The second-order valence-electron chi connectivity index (χ2n) is 4.61. The van der Waals surface area contributed by atoms with Crippen LogP contribution < -0.4 is 5.32 Å². The first-order chi connectivity index (χ1) is 11.2. The van der Waals surface area contributed by atoms with Crippen LogP contribution in [0.15, 0.2) is 59.1 Å². The molecule has 3 aromatic rings. The summed E-state index contributed by atoms with van der Waals surface area (Å²) in [5, 5.41) is 22.9. The van der Waals surface area contributed by atoms with Gasteiger partial charge in [0.05, 0.1) is 4.92 Å². The number of oxazole rings is 1. The van der Waals surface area contributed by atoms with Crippen molar-refractivity contribution in [2.24, 2.45) is 0 Å². The summed E-state index contributed by atoms with van der Waals surface area (Å²) in [4.78, 5) is 14.5. The summed E-state index contributed by atoms with van der Waals surface area (Å²) in [5.41, 5.74) is 1.87. The molecular formula is C16H10N4O3. The standard InChI is InChI=1S/C16H10N4O3/c17-9-11(16-19-14-6-1-2-7-15(14)23-16)10-18-12-4-3-5-13(8-12)20(21)22/h1-8,10,18H. The number of anilines is 1. The zero-order valence-corrected chi connectivity index (χ0v) is 11.8. The fourth-order valence-electron chi connectivity index (χ4n) is 1.99. The Bertz CT molecular complexity index is 920. The van der Waals surface area contributed by atoms with Gasteiger partial charge in [0.2, 0.25) is 5.89 Å². The van der Waals surface area contributed by atoms with E-state index in [9.17, 15) is 15.4 Å². The first kappa shape index (κ1) is 14.3. The van der Waals surface area contributed by atoms with Crippen molar-refractivity contribution in [1.82, 2.24) is 4.98 Å². The van der Waals surface area contributed by atoms with Gasteiger partial charge in [0, 0.05) is 24.0 Å². The molecule has 112 valence electrons. The lowest BCUT2D eigenvalue weighted by atomic mass is 10.2. The number of rotatable bonds is 4. The summed E-state index contributed by atoms with van der Waals surface area (Å²) >= 11 is 0. The molecule has 1 heterocycles. The van der Waals surface area contributed by atoms with E-state index < -0.39 is 4.92 Å². The van der Waals surface area contributed by atoms with E-state index in [1.807, 2.05) is 18.2 Å². The lowest BCUT2D eigenvalue weighted by Gasteiger charge is -2.00. The van der Waals surface area contributed by atoms with Gasteiger partial charge in [0.1, 0.15) is 17.2 Å². The molecular weight excluding hydrogens is 296 g/mol. The number of hydrogen-bond acceptors (Lipinski definition) is 6. The number of nitro groups is 1. The Morgan fingerprint density at radius 1 is 1.30 bits per heavy atom. The number of para-hydroxylation sites is 2. The fourth-order valence-corrected chi connectivity index (χ4v) is 1.99. The second kappa shape index (κ2) is 5.99. The van der Waals surface area contributed by atoms with Crippen LogP contribution in [-0.4, -0.2) is 9.91 Å². The van der Waals surface area contributed by atoms with Crippen LogP contribution in [-0.2, 0) is 0 Å². The molecule has 0 aliphatic rings. The van der Waals surface area contributed by atoms with Crippen LogP contribution in [0.2, 0.25) is 0 Å². The maximum atomic E-state index is 10.8. The highest BCUT2D eigenvalue weighted by atomic mass is 16.6. The number of nitro benzene ring substituents is 1. The lowest BCUT2D eigenvalue weighted by molar-refractivity contribution is -0.384. The molecule has 0 fully saturated rings. The van der Waals surface area contributed by atoms with Crippen LogP contribution >= 0.6 is 0 Å². The Labute approximate surface area is 130 Å². The first-order valence-corrected chi connectivity index (χ1v) is 6.64. The van der Waals surface area contributed by atoms with Crippen molar-refractivity contribution in [3.8, 4) is 6.07 Å². The number of allylic oxidation sites excluding steroid dienone is 1. The van der Waals surface area contributed by atoms with Gasteiger partial charge >= 0.3 is 0 Å². The molecule has 2 aromatic carbocycles. The van der Waals surface area contributed by atoms with Crippen LogP contribution in [0, 0.1) is 21.4 Å². The Hall–Kier alpha value is -3.66. The number of non-ortho nitro benzene ring substituents is 1. The van der Waals surface area contributed by atoms with E-state index in [1.54, 1.807) is 24.3 Å². The predicted molar refractivity (Wildman–Crippen MR) is 84.3 cm³/mol. The number of fused-ring (bicyclic) bond motifs is 1. The Morgan fingerprint density at radius 3 is 2.87 bits per heavy atom. The summed E-state index contributed by atoms with van der Waals surface area (Å²) in [6.07, 6.45) is 1.41. The van der Waals surface area contributed by atoms with Crippen LogP contribution in [0.1, 0.15) is 5.89 Å². The average Bonchev–Trinajstić information content (AvgIpc) is 2.99. The number of nitrogens with one attached hydrogen (secondary N) is 1. The fraction of sp³-hybridized carbons (Fsp3) is 0. The Balaban J connectivity index is 1.89. The highest BCUT2D eigenvalue weighted by Crippen LogP contribution is 2.21. The Morgan fingerprint density at radius 2 is 2.13 bits per heavy atom. The summed E-state index contributed by atoms with van der Waals surface area (Å²) in [6, 6.07) is 15.2. The molecule has 0 saturated heterocycles. The van der Waals surface area contributed by atoms with Gasteiger partial charge in [-0.05, 0) is 18.2 Å². The quantitative estimate of drug-likeness (QED) is 0.447. The molecule has 1 N–H and O–H groups in total. The van der Waals surface area contributed by atoms with Gasteiger partial charge in [0.25, 0.3) is 5.69 Å². The number of nitriles is 1. The highest BCUT2D eigenvalue weighted by molar-refractivity contribution is 5.80. The van der Waals surface area contributed by atoms with Crippen molar-refractivity contribution in [3.05, 3.63) is 70.7 Å². The molecule has 0 amide bonds. The maximum Gasteiger partial charge on any atom is 0.271 e. The van der Waals surface area contributed by atoms with Crippen LogP contribution in [0.4, 0.5) is 11.4 Å². The summed E-state index contributed by atoms with van der Waals surface area (Å²) in [7, 11) is 0. The summed E-state index contributed by atoms with van der Waals surface area (Å²) in [5.74, 6) is 0.187. The molecule has 0 spiro atoms. The number of hydrogen-bond donors (Lipinski definition) is 1. The molecule has 0 radical (unpaired) electrons. The van der Waals surface area contributed by atoms with Gasteiger partial charge in [-0.15, -0.1) is 0 Å². The molecule has 0 saturated carbocycles. The number of nitrogens with zero attached hydrogens (tertiary/aromatic N) is 3. The maximum absolute atomic E-state index is 10.8. The third kappa shape index (κ3) is 3.01. The molecule has 7 nitrogen and oxygen atoms in total. The first-order valence-electron chi connectivity index (χ1n) is 6.64. The molecule has 1 aromatic heterocycles. The molecule has 23 heavy (non-hydrogen) atoms. The van der Waals surface area contributed by atoms with Crippen LogP contribution in [0.3, 0.4) is 0 Å². The van der Waals surface area contributed by atoms with Crippen molar-refractivity contribution in [1.29, 1.82) is 5.26 Å². The summed E-state index contributed by atoms with van der Waals surface area (Å²) < 4.78 is 5.52. The van der Waals surface area contributed by atoms with Crippen molar-refractivity contribution in [2.75, 3.05) is 5.32 Å². The van der Waals surface area contributed by atoms with E-state index in [1.165, 1.54) is 18.3 Å². The minimum Gasteiger partial charge on any atom is -0.435 e. The third-order valence-corrected chi connectivity index (χ3v) is 3.08. The SMILES string of the molecule is N#CC(=CNc1cccc([N+](=O)[O-])c1)c1nc2ccccc2o1. The zero-order chi connectivity index (χ0) is 16.2. The molecule has 0 aliphatic heterocycles. The van der Waals surface area contributed by atoms with Crippen molar-refractivity contribution in [2.45, 2.75) is 0 Å². The van der Waals surface area contributed by atoms with Crippen molar-refractivity contribution >= 4 is 28.0 Å². The van der Waals surface area contributed by atoms with E-state index in [4.69, 9.17) is 4.42 Å². The second-order valence-corrected chi connectivity index (χ2v) is 4.61. The molecule has 0 bridgehead atoms. The number of benzene rings is 2. The van der Waals surface area contributed by atoms with E-state index in [0.29, 0.717) is 16.8 Å². The minimum atomic E-state index is -0.485. The minimum absolute atomic E-state index is 0.0382. The largest absolute Gasteiger partial charge is 0.435 e. The topological polar surface area (TPSA) is 105 Å². The van der Waals surface area contributed by atoms with Gasteiger partial charge in [0.15, 0.2) is 5.58 Å². The third-order valence-electron chi connectivity index (χ3n) is 3.08. The van der Waals surface area contributed by atoms with E-state index in [2.05, 4.69) is 10.3 Å². The molecule has 0 unspecified atom stereocenters. The summed E-state index contributed by atoms with van der Waals surface area (Å²) in [6.45, 7) is 0. The Kier molecular flexibility index (Phi) is 3.72. The predicted octanol–water partition coefficient (Wildman–Crippen LogP) is 3.71. The van der Waals surface area contributed by atoms with Gasteiger partial charge in [-0.25, -0.2) is 4.98 Å². The van der Waals surface area contributed by atoms with Crippen LogP contribution in [0.25, 0.3) is 16.7 Å². The van der Waals surface area contributed by atoms with Gasteiger partial charge < -0.3 is 9.73 Å². The number of aromatic nitrogens is 1. The van der Waals surface area contributed by atoms with Crippen LogP contribution in [0.5, 0.6) is 0 Å². The van der Waals surface area contributed by atoms with Gasteiger partial charge in [-0.3, -0.25) is 10.1 Å². The zero-order valence-electron chi connectivity index (χ0n) is 11.8. The van der Waals surface area contributed by atoms with Crippen molar-refractivity contribution in [3.63, 3.8) is 0 Å². The van der Waals surface area contributed by atoms with E-state index >= 15 is 0 Å². The lowest BCUT2D eigenvalue weighted by Crippen LogP contribution is -1.93.